The zero-order valence-electron chi connectivity index (χ0n) is 9.76. The zero-order valence-corrected chi connectivity index (χ0v) is 9.76. The molecule has 1 saturated heterocycles. The molecule has 0 saturated carbocycles. The summed E-state index contributed by atoms with van der Waals surface area (Å²) in [5, 5.41) is 18.2. The van der Waals surface area contributed by atoms with Gasteiger partial charge in [-0.15, -0.1) is 0 Å². The molecule has 1 fully saturated rings. The summed E-state index contributed by atoms with van der Waals surface area (Å²) in [7, 11) is 0. The van der Waals surface area contributed by atoms with E-state index in [-0.39, 0.29) is 11.1 Å². The quantitative estimate of drug-likeness (QED) is 0.518. The molecule has 0 aromatic heterocycles. The van der Waals surface area contributed by atoms with Crippen LogP contribution in [-0.2, 0) is 4.74 Å². The van der Waals surface area contributed by atoms with Crippen LogP contribution in [0.25, 0.3) is 0 Å². The molecule has 0 radical (unpaired) electrons. The number of ether oxygens (including phenoxy) is 1. The third-order valence-electron chi connectivity index (χ3n) is 2.88. The Labute approximate surface area is 104 Å². The largest absolute Gasteiger partial charge is 0.381 e. The van der Waals surface area contributed by atoms with E-state index >= 15 is 0 Å². The van der Waals surface area contributed by atoms with Crippen LogP contribution < -0.4 is 0 Å². The number of ketones is 2. The first-order chi connectivity index (χ1) is 8.55. The number of benzene rings is 1. The zero-order chi connectivity index (χ0) is 13.2. The monoisotopic (exact) mass is 250 g/mol. The minimum Gasteiger partial charge on any atom is -0.381 e. The van der Waals surface area contributed by atoms with Gasteiger partial charge in [-0.2, -0.15) is 0 Å². The van der Waals surface area contributed by atoms with Crippen molar-refractivity contribution >= 4 is 11.6 Å². The highest BCUT2D eigenvalue weighted by Crippen LogP contribution is 2.27. The average Bonchev–Trinajstić information content (AvgIpc) is 2.99. The molecule has 0 bridgehead atoms. The molecule has 3 rings (SSSR count). The molecule has 18 heavy (non-hydrogen) atoms. The average molecular weight is 250 g/mol. The topological polar surface area (TPSA) is 83.8 Å². The molecule has 0 amide bonds. The molecule has 2 aliphatic rings. The second-order valence-corrected chi connectivity index (χ2v) is 4.20. The van der Waals surface area contributed by atoms with Crippen LogP contribution in [0.4, 0.5) is 0 Å². The van der Waals surface area contributed by atoms with Gasteiger partial charge in [0, 0.05) is 24.3 Å². The van der Waals surface area contributed by atoms with Crippen LogP contribution in [0.3, 0.4) is 0 Å². The van der Waals surface area contributed by atoms with Crippen molar-refractivity contribution < 1.29 is 24.5 Å². The highest BCUT2D eigenvalue weighted by Gasteiger charge is 2.50. The van der Waals surface area contributed by atoms with Crippen LogP contribution in [0, 0.1) is 0 Å². The van der Waals surface area contributed by atoms with E-state index in [0.717, 1.165) is 13.2 Å². The van der Waals surface area contributed by atoms with Crippen molar-refractivity contribution in [2.24, 2.45) is 0 Å². The lowest BCUT2D eigenvalue weighted by Crippen LogP contribution is -2.40. The Kier molecular flexibility index (Phi) is 3.56. The molecule has 5 heteroatoms. The van der Waals surface area contributed by atoms with Gasteiger partial charge in [-0.1, -0.05) is 24.3 Å². The lowest BCUT2D eigenvalue weighted by Gasteiger charge is -2.08. The Morgan fingerprint density at radius 3 is 1.72 bits per heavy atom. The van der Waals surface area contributed by atoms with Gasteiger partial charge in [0.15, 0.2) is 0 Å². The summed E-state index contributed by atoms with van der Waals surface area (Å²) in [6.45, 7) is 2.00. The molecule has 1 aromatic rings. The summed E-state index contributed by atoms with van der Waals surface area (Å²) in [5.41, 5.74) is 0.134. The fourth-order valence-electron chi connectivity index (χ4n) is 1.87. The third-order valence-corrected chi connectivity index (χ3v) is 2.88. The molecule has 96 valence electrons. The first-order valence-corrected chi connectivity index (χ1v) is 5.76. The highest BCUT2D eigenvalue weighted by molar-refractivity contribution is 6.30. The van der Waals surface area contributed by atoms with Crippen LogP contribution in [-0.4, -0.2) is 40.8 Å². The lowest BCUT2D eigenvalue weighted by molar-refractivity contribution is -0.0857. The van der Waals surface area contributed by atoms with Crippen molar-refractivity contribution in [2.45, 2.75) is 18.6 Å². The van der Waals surface area contributed by atoms with E-state index in [4.69, 9.17) is 14.9 Å². The molecule has 1 aromatic carbocycles. The van der Waals surface area contributed by atoms with Crippen LogP contribution in [0.1, 0.15) is 33.6 Å². The van der Waals surface area contributed by atoms with Gasteiger partial charge in [0.1, 0.15) is 0 Å². The molecule has 2 N–H and O–H groups in total. The molecule has 1 heterocycles. The SMILES string of the molecule is C1CCOC1.O=C1c2ccccc2C(=O)C1(O)O. The standard InChI is InChI=1S/C9H6O4.C4H8O/c10-7-5-3-1-2-4-6(5)8(11)9(7,12)13;1-2-4-5-3-1/h1-4,12-13H;1-4H2. The van der Waals surface area contributed by atoms with Crippen LogP contribution in [0.15, 0.2) is 24.3 Å². The molecular weight excluding hydrogens is 236 g/mol. The van der Waals surface area contributed by atoms with E-state index in [1.165, 1.54) is 25.0 Å². The predicted octanol–water partition coefficient (Wildman–Crippen LogP) is 0.543. The molecule has 1 aliphatic carbocycles. The van der Waals surface area contributed by atoms with Gasteiger partial charge in [-0.05, 0) is 12.8 Å². The lowest BCUT2D eigenvalue weighted by atomic mass is 10.1. The number of rotatable bonds is 0. The van der Waals surface area contributed by atoms with Crippen molar-refractivity contribution in [3.05, 3.63) is 35.4 Å². The summed E-state index contributed by atoms with van der Waals surface area (Å²) < 4.78 is 4.94. The van der Waals surface area contributed by atoms with Gasteiger partial charge in [-0.3, -0.25) is 9.59 Å². The number of aliphatic hydroxyl groups is 2. The van der Waals surface area contributed by atoms with Crippen molar-refractivity contribution in [3.63, 3.8) is 0 Å². The summed E-state index contributed by atoms with van der Waals surface area (Å²) in [6, 6.07) is 5.91. The number of fused-ring (bicyclic) bond motifs is 1. The molecular formula is C13H14O5. The maximum absolute atomic E-state index is 11.2. The summed E-state index contributed by atoms with van der Waals surface area (Å²) in [4.78, 5) is 22.4. The number of carbonyl (C=O) groups excluding carboxylic acids is 2. The van der Waals surface area contributed by atoms with Gasteiger partial charge in [-0.25, -0.2) is 0 Å². The van der Waals surface area contributed by atoms with E-state index in [1.807, 2.05) is 0 Å². The van der Waals surface area contributed by atoms with E-state index in [0.29, 0.717) is 0 Å². The fourth-order valence-corrected chi connectivity index (χ4v) is 1.87. The second-order valence-electron chi connectivity index (χ2n) is 4.20. The summed E-state index contributed by atoms with van der Waals surface area (Å²) >= 11 is 0. The maximum atomic E-state index is 11.2. The van der Waals surface area contributed by atoms with Gasteiger partial charge >= 0.3 is 0 Å². The van der Waals surface area contributed by atoms with Crippen molar-refractivity contribution in [1.82, 2.24) is 0 Å². The maximum Gasteiger partial charge on any atom is 0.295 e. The molecule has 0 unspecified atom stereocenters. The molecule has 5 nitrogen and oxygen atoms in total. The Balaban J connectivity index is 0.000000202. The smallest absolute Gasteiger partial charge is 0.295 e. The first-order valence-electron chi connectivity index (χ1n) is 5.76. The normalized spacial score (nSPS) is 20.3. The van der Waals surface area contributed by atoms with Crippen molar-refractivity contribution in [1.29, 1.82) is 0 Å². The number of hydrogen-bond donors (Lipinski definition) is 2. The Morgan fingerprint density at radius 2 is 1.39 bits per heavy atom. The van der Waals surface area contributed by atoms with Gasteiger partial charge < -0.3 is 14.9 Å². The minimum atomic E-state index is -2.86. The first kappa shape index (κ1) is 12.9. The second kappa shape index (κ2) is 4.97. The Bertz CT molecular complexity index is 429. The van der Waals surface area contributed by atoms with Gasteiger partial charge in [0.25, 0.3) is 5.79 Å². The Hall–Kier alpha value is -1.56. The fraction of sp³-hybridized carbons (Fsp3) is 0.385. The predicted molar refractivity (Wildman–Crippen MR) is 62.3 cm³/mol. The van der Waals surface area contributed by atoms with Crippen LogP contribution >= 0.6 is 0 Å². The van der Waals surface area contributed by atoms with Gasteiger partial charge in [0.2, 0.25) is 11.6 Å². The van der Waals surface area contributed by atoms with Crippen LogP contribution in [0.5, 0.6) is 0 Å². The number of hydrogen-bond acceptors (Lipinski definition) is 5. The van der Waals surface area contributed by atoms with E-state index in [9.17, 15) is 9.59 Å². The Morgan fingerprint density at radius 1 is 0.944 bits per heavy atom. The molecule has 1 aliphatic heterocycles. The van der Waals surface area contributed by atoms with Crippen molar-refractivity contribution in [2.75, 3.05) is 13.2 Å². The summed E-state index contributed by atoms with van der Waals surface area (Å²) in [5.74, 6) is -4.76. The number of Topliss-reactive ketones (excluding diaryl/α,β-unsaturated/α-hetero) is 2. The van der Waals surface area contributed by atoms with Gasteiger partial charge in [0.05, 0.1) is 0 Å². The third kappa shape index (κ3) is 2.20. The highest BCUT2D eigenvalue weighted by atomic mass is 16.5. The van der Waals surface area contributed by atoms with Crippen molar-refractivity contribution in [3.8, 4) is 0 Å². The van der Waals surface area contributed by atoms with E-state index in [2.05, 4.69) is 0 Å². The molecule has 0 spiro atoms. The minimum absolute atomic E-state index is 0.0671. The van der Waals surface area contributed by atoms with E-state index in [1.54, 1.807) is 12.1 Å². The number of carbonyl (C=O) groups is 2. The van der Waals surface area contributed by atoms with E-state index < -0.39 is 17.4 Å². The summed E-state index contributed by atoms with van der Waals surface area (Å²) in [6.07, 6.45) is 2.56. The van der Waals surface area contributed by atoms with Crippen LogP contribution in [0.2, 0.25) is 0 Å². The molecule has 0 atom stereocenters.